The summed E-state index contributed by atoms with van der Waals surface area (Å²) in [5.74, 6) is -0.706. The molecule has 7 nitrogen and oxygen atoms in total. The zero-order valence-electron chi connectivity index (χ0n) is 26.8. The number of aliphatic hydroxyl groups excluding tert-OH is 1. The van der Waals surface area contributed by atoms with Gasteiger partial charge < -0.3 is 14.6 Å². The molecule has 0 bridgehead atoms. The topological polar surface area (TPSA) is 79.3 Å². The lowest BCUT2D eigenvalue weighted by molar-refractivity contribution is -0.276. The van der Waals surface area contributed by atoms with Gasteiger partial charge in [-0.1, -0.05) is 116 Å². The first-order valence-corrected chi connectivity index (χ1v) is 16.4. The number of benzene rings is 5. The minimum absolute atomic E-state index is 0.0188. The molecule has 0 aliphatic carbocycles. The van der Waals surface area contributed by atoms with Crippen molar-refractivity contribution in [3.63, 3.8) is 0 Å². The molecule has 0 saturated carbocycles. The van der Waals surface area contributed by atoms with Crippen LogP contribution >= 0.6 is 0 Å². The van der Waals surface area contributed by atoms with Gasteiger partial charge in [-0.15, -0.1) is 0 Å². The smallest absolute Gasteiger partial charge is 0.266 e. The Morgan fingerprint density at radius 2 is 1.23 bits per heavy atom. The van der Waals surface area contributed by atoms with Gasteiger partial charge in [-0.25, -0.2) is 4.90 Å². The Kier molecular flexibility index (Phi) is 9.27. The number of amides is 2. The molecule has 2 aliphatic rings. The molecule has 2 aliphatic heterocycles. The lowest BCUT2D eigenvalue weighted by atomic mass is 9.89. The number of imide groups is 1. The van der Waals surface area contributed by atoms with Gasteiger partial charge in [-0.2, -0.15) is 0 Å². The fraction of sp³-hybridized carbons (Fsp3) is 0.220. The van der Waals surface area contributed by atoms with E-state index in [2.05, 4.69) is 60.4 Å². The molecule has 5 aromatic carbocycles. The summed E-state index contributed by atoms with van der Waals surface area (Å²) in [6, 6.07) is 43.0. The summed E-state index contributed by atoms with van der Waals surface area (Å²) >= 11 is 0. The molecule has 4 unspecified atom stereocenters. The Balaban J connectivity index is 1.21. The minimum Gasteiger partial charge on any atom is -0.392 e. The Morgan fingerprint density at radius 3 is 1.81 bits per heavy atom. The van der Waals surface area contributed by atoms with Gasteiger partial charge in [0.1, 0.15) is 0 Å². The van der Waals surface area contributed by atoms with Crippen molar-refractivity contribution in [3.05, 3.63) is 172 Å². The number of fused-ring (bicyclic) bond motifs is 1. The molecular formula is C41H38N2O5. The third-order valence-electron chi connectivity index (χ3n) is 9.25. The number of nitrogens with zero attached hydrogens (tertiary/aromatic N) is 2. The molecule has 7 heteroatoms. The van der Waals surface area contributed by atoms with Crippen LogP contribution in [0.3, 0.4) is 0 Å². The van der Waals surface area contributed by atoms with E-state index in [0.29, 0.717) is 23.4 Å². The van der Waals surface area contributed by atoms with Crippen LogP contribution in [0.25, 0.3) is 0 Å². The molecule has 7 rings (SSSR count). The standard InChI is InChI=1S/C41H38N2O5/c1-28-37(26-42(24-29-11-4-2-5-12-29)25-30-13-6-3-7-14-30)47-41(48-38(28)32-21-19-31(27-44)20-22-32)33-15-10-16-34(23-33)43-39(45)35-17-8-9-18-36(35)40(43)46/h2-23,28,37-38,41,44H,24-27H2,1H3. The van der Waals surface area contributed by atoms with Crippen molar-refractivity contribution in [3.8, 4) is 0 Å². The van der Waals surface area contributed by atoms with Crippen LogP contribution in [-0.2, 0) is 29.2 Å². The molecule has 1 saturated heterocycles. The highest BCUT2D eigenvalue weighted by Crippen LogP contribution is 2.43. The van der Waals surface area contributed by atoms with E-state index in [1.165, 1.54) is 16.0 Å². The minimum atomic E-state index is -0.751. The van der Waals surface area contributed by atoms with Crippen molar-refractivity contribution < 1.29 is 24.2 Å². The van der Waals surface area contributed by atoms with Crippen LogP contribution < -0.4 is 4.90 Å². The first-order chi connectivity index (χ1) is 23.5. The summed E-state index contributed by atoms with van der Waals surface area (Å²) in [5, 5.41) is 9.67. The number of carbonyl (C=O) groups is 2. The van der Waals surface area contributed by atoms with Gasteiger partial charge in [0.25, 0.3) is 11.8 Å². The molecule has 1 fully saturated rings. The zero-order chi connectivity index (χ0) is 33.0. The van der Waals surface area contributed by atoms with E-state index in [1.807, 2.05) is 54.6 Å². The second-order valence-corrected chi connectivity index (χ2v) is 12.5. The number of hydrogen-bond donors (Lipinski definition) is 1. The van der Waals surface area contributed by atoms with E-state index in [4.69, 9.17) is 9.47 Å². The lowest BCUT2D eigenvalue weighted by Crippen LogP contribution is -2.44. The van der Waals surface area contributed by atoms with Crippen molar-refractivity contribution in [2.24, 2.45) is 5.92 Å². The Morgan fingerprint density at radius 1 is 0.646 bits per heavy atom. The number of ether oxygens (including phenoxy) is 2. The maximum atomic E-state index is 13.3. The third-order valence-corrected chi connectivity index (χ3v) is 9.25. The summed E-state index contributed by atoms with van der Waals surface area (Å²) in [5.41, 5.74) is 6.24. The lowest BCUT2D eigenvalue weighted by Gasteiger charge is -2.43. The van der Waals surface area contributed by atoms with Gasteiger partial charge >= 0.3 is 0 Å². The summed E-state index contributed by atoms with van der Waals surface area (Å²) in [7, 11) is 0. The molecule has 2 heterocycles. The van der Waals surface area contributed by atoms with Crippen LogP contribution in [0.2, 0.25) is 0 Å². The second kappa shape index (κ2) is 14.1. The summed E-state index contributed by atoms with van der Waals surface area (Å²) in [6.45, 7) is 4.27. The monoisotopic (exact) mass is 638 g/mol. The number of hydrogen-bond acceptors (Lipinski definition) is 6. The fourth-order valence-corrected chi connectivity index (χ4v) is 6.69. The van der Waals surface area contributed by atoms with Gasteiger partial charge in [0, 0.05) is 31.1 Å². The second-order valence-electron chi connectivity index (χ2n) is 12.5. The normalized spacial score (nSPS) is 20.7. The molecular weight excluding hydrogens is 600 g/mol. The maximum Gasteiger partial charge on any atom is 0.266 e. The Labute approximate surface area is 281 Å². The van der Waals surface area contributed by atoms with Gasteiger partial charge in [-0.05, 0) is 46.5 Å². The SMILES string of the molecule is CC1C(CN(Cc2ccccc2)Cc2ccccc2)OC(c2cccc(N3C(=O)c4ccccc4C3=O)c2)OC1c1ccc(CO)cc1. The quantitative estimate of drug-likeness (QED) is 0.160. The Hall–Kier alpha value is -4.92. The molecule has 48 heavy (non-hydrogen) atoms. The molecule has 2 amide bonds. The largest absolute Gasteiger partial charge is 0.392 e. The number of rotatable bonds is 10. The molecule has 4 atom stereocenters. The van der Waals surface area contributed by atoms with E-state index in [1.54, 1.807) is 30.3 Å². The predicted molar refractivity (Wildman–Crippen MR) is 184 cm³/mol. The Bertz CT molecular complexity index is 1800. The number of anilines is 1. The average molecular weight is 639 g/mol. The van der Waals surface area contributed by atoms with E-state index in [-0.39, 0.29) is 36.5 Å². The van der Waals surface area contributed by atoms with E-state index >= 15 is 0 Å². The van der Waals surface area contributed by atoms with Gasteiger partial charge in [0.15, 0.2) is 6.29 Å². The highest BCUT2D eigenvalue weighted by molar-refractivity contribution is 6.34. The van der Waals surface area contributed by atoms with Crippen LogP contribution in [0, 0.1) is 5.92 Å². The maximum absolute atomic E-state index is 13.3. The fourth-order valence-electron chi connectivity index (χ4n) is 6.69. The predicted octanol–water partition coefficient (Wildman–Crippen LogP) is 7.47. The van der Waals surface area contributed by atoms with Crippen LogP contribution in [-0.4, -0.2) is 34.5 Å². The summed E-state index contributed by atoms with van der Waals surface area (Å²) < 4.78 is 13.6. The highest BCUT2D eigenvalue weighted by Gasteiger charge is 2.40. The van der Waals surface area contributed by atoms with E-state index in [9.17, 15) is 14.7 Å². The molecule has 1 N–H and O–H groups in total. The van der Waals surface area contributed by atoms with Gasteiger partial charge in [-0.3, -0.25) is 14.5 Å². The van der Waals surface area contributed by atoms with Crippen molar-refractivity contribution in [2.75, 3.05) is 11.4 Å². The number of aliphatic hydroxyl groups is 1. The van der Waals surface area contributed by atoms with Gasteiger partial charge in [0.05, 0.1) is 35.6 Å². The van der Waals surface area contributed by atoms with Crippen LogP contribution in [0.15, 0.2) is 133 Å². The van der Waals surface area contributed by atoms with E-state index in [0.717, 1.165) is 29.8 Å². The third kappa shape index (κ3) is 6.59. The first-order valence-electron chi connectivity index (χ1n) is 16.4. The van der Waals surface area contributed by atoms with E-state index < -0.39 is 6.29 Å². The van der Waals surface area contributed by atoms with Crippen molar-refractivity contribution in [2.45, 2.75) is 45.1 Å². The molecule has 0 spiro atoms. The van der Waals surface area contributed by atoms with Crippen LogP contribution in [0.1, 0.15) is 67.9 Å². The number of carbonyl (C=O) groups excluding carboxylic acids is 2. The molecule has 5 aromatic rings. The zero-order valence-corrected chi connectivity index (χ0v) is 26.8. The van der Waals surface area contributed by atoms with Crippen LogP contribution in [0.5, 0.6) is 0 Å². The summed E-state index contributed by atoms with van der Waals surface area (Å²) in [4.78, 5) is 30.3. The van der Waals surface area contributed by atoms with Gasteiger partial charge in [0.2, 0.25) is 0 Å². The van der Waals surface area contributed by atoms with Crippen molar-refractivity contribution in [1.29, 1.82) is 0 Å². The first kappa shape index (κ1) is 31.7. The van der Waals surface area contributed by atoms with Crippen molar-refractivity contribution >= 4 is 17.5 Å². The molecule has 0 aromatic heterocycles. The molecule has 242 valence electrons. The molecule has 0 radical (unpaired) electrons. The van der Waals surface area contributed by atoms with Crippen LogP contribution in [0.4, 0.5) is 5.69 Å². The highest BCUT2D eigenvalue weighted by atomic mass is 16.7. The summed E-state index contributed by atoms with van der Waals surface area (Å²) in [6.07, 6.45) is -1.28. The average Bonchev–Trinajstić information content (AvgIpc) is 3.39. The van der Waals surface area contributed by atoms with Crippen molar-refractivity contribution in [1.82, 2.24) is 4.90 Å².